The number of furan rings is 1. The molecule has 0 aliphatic carbocycles. The van der Waals surface area contributed by atoms with Gasteiger partial charge in [-0.3, -0.25) is 4.57 Å². The van der Waals surface area contributed by atoms with Gasteiger partial charge < -0.3 is 9.15 Å². The topological polar surface area (TPSA) is 70.2 Å². The zero-order chi connectivity index (χ0) is 25.3. The molecule has 0 aliphatic rings. The Kier molecular flexibility index (Phi) is 7.31. The third kappa shape index (κ3) is 5.27. The molecular weight excluding hydrogens is 505 g/mol. The number of benzene rings is 2. The maximum absolute atomic E-state index is 11.9. The number of hydrogen-bond acceptors (Lipinski definition) is 6. The largest absolute Gasteiger partial charge is 0.465 e. The van der Waals surface area contributed by atoms with E-state index in [0.717, 1.165) is 5.56 Å². The van der Waals surface area contributed by atoms with Gasteiger partial charge in [-0.25, -0.2) is 4.79 Å². The number of halogens is 2. The summed E-state index contributed by atoms with van der Waals surface area (Å²) in [6.45, 7) is 8.25. The molecule has 0 amide bonds. The van der Waals surface area contributed by atoms with Gasteiger partial charge in [0.2, 0.25) is 0 Å². The number of carbonyl (C=O) groups is 1. The molecule has 6 nitrogen and oxygen atoms in total. The second-order valence-corrected chi connectivity index (χ2v) is 10.7. The first-order valence-corrected chi connectivity index (χ1v) is 12.7. The molecule has 0 saturated carbocycles. The molecule has 182 valence electrons. The van der Waals surface area contributed by atoms with Gasteiger partial charge >= 0.3 is 5.97 Å². The molecule has 0 fully saturated rings. The maximum Gasteiger partial charge on any atom is 0.341 e. The van der Waals surface area contributed by atoms with Crippen LogP contribution in [0.2, 0.25) is 10.0 Å². The van der Waals surface area contributed by atoms with E-state index < -0.39 is 5.97 Å². The SMILES string of the molecule is COC(=O)c1cc(CSc2nnc(-c3ccc(C(C)(C)C)cc3)n2-c2cccc(Cl)c2Cl)oc1C. The summed E-state index contributed by atoms with van der Waals surface area (Å²) in [5.41, 5.74) is 3.23. The van der Waals surface area contributed by atoms with E-state index in [4.69, 9.17) is 32.4 Å². The highest BCUT2D eigenvalue weighted by molar-refractivity contribution is 7.98. The third-order valence-corrected chi connectivity index (χ3v) is 7.29. The van der Waals surface area contributed by atoms with Gasteiger partial charge in [0, 0.05) is 5.56 Å². The molecule has 2 heterocycles. The van der Waals surface area contributed by atoms with Crippen molar-refractivity contribution in [2.75, 3.05) is 7.11 Å². The molecule has 0 atom stereocenters. The lowest BCUT2D eigenvalue weighted by molar-refractivity contribution is 0.0599. The normalized spacial score (nSPS) is 11.6. The van der Waals surface area contributed by atoms with Crippen molar-refractivity contribution in [3.63, 3.8) is 0 Å². The lowest BCUT2D eigenvalue weighted by Gasteiger charge is -2.19. The van der Waals surface area contributed by atoms with E-state index in [2.05, 4.69) is 43.1 Å². The summed E-state index contributed by atoms with van der Waals surface area (Å²) in [5.74, 6) is 1.76. The third-order valence-electron chi connectivity index (χ3n) is 5.53. The van der Waals surface area contributed by atoms with Gasteiger partial charge in [-0.2, -0.15) is 0 Å². The van der Waals surface area contributed by atoms with Crippen LogP contribution in [-0.2, 0) is 15.9 Å². The average Bonchev–Trinajstić information content (AvgIpc) is 3.41. The highest BCUT2D eigenvalue weighted by atomic mass is 35.5. The maximum atomic E-state index is 11.9. The Balaban J connectivity index is 1.74. The van der Waals surface area contributed by atoms with Crippen LogP contribution in [-0.4, -0.2) is 27.8 Å². The fraction of sp³-hybridized carbons (Fsp3) is 0.269. The van der Waals surface area contributed by atoms with E-state index in [1.165, 1.54) is 24.4 Å². The van der Waals surface area contributed by atoms with Crippen molar-refractivity contribution in [2.24, 2.45) is 0 Å². The van der Waals surface area contributed by atoms with Gasteiger partial charge in [-0.05, 0) is 36.1 Å². The molecule has 0 unspecified atom stereocenters. The molecule has 0 aliphatic heterocycles. The van der Waals surface area contributed by atoms with E-state index in [1.807, 2.05) is 28.8 Å². The summed E-state index contributed by atoms with van der Waals surface area (Å²) in [5, 5.41) is 10.4. The zero-order valence-corrected chi connectivity index (χ0v) is 22.4. The molecular formula is C26H25Cl2N3O3S. The Morgan fingerprint density at radius 2 is 1.83 bits per heavy atom. The van der Waals surface area contributed by atoms with Crippen LogP contribution in [0.5, 0.6) is 0 Å². The molecule has 2 aromatic heterocycles. The van der Waals surface area contributed by atoms with Crippen LogP contribution in [0.4, 0.5) is 0 Å². The van der Waals surface area contributed by atoms with Crippen LogP contribution in [0.15, 0.2) is 58.1 Å². The second-order valence-electron chi connectivity index (χ2n) is 9.00. The summed E-state index contributed by atoms with van der Waals surface area (Å²) in [4.78, 5) is 11.9. The Hall–Kier alpha value is -2.74. The monoisotopic (exact) mass is 529 g/mol. The fourth-order valence-corrected chi connectivity index (χ4v) is 4.82. The minimum Gasteiger partial charge on any atom is -0.465 e. The number of ether oxygens (including phenoxy) is 1. The van der Waals surface area contributed by atoms with Crippen LogP contribution in [0.25, 0.3) is 17.1 Å². The lowest BCUT2D eigenvalue weighted by atomic mass is 9.87. The summed E-state index contributed by atoms with van der Waals surface area (Å²) in [6.07, 6.45) is 0. The van der Waals surface area contributed by atoms with Crippen LogP contribution >= 0.6 is 35.0 Å². The van der Waals surface area contributed by atoms with Crippen molar-refractivity contribution in [2.45, 2.75) is 44.0 Å². The van der Waals surface area contributed by atoms with Gasteiger partial charge in [0.25, 0.3) is 0 Å². The van der Waals surface area contributed by atoms with E-state index in [-0.39, 0.29) is 5.41 Å². The number of aryl methyl sites for hydroxylation is 1. The zero-order valence-electron chi connectivity index (χ0n) is 20.1. The first-order valence-electron chi connectivity index (χ1n) is 10.9. The number of carbonyl (C=O) groups excluding carboxylic acids is 1. The summed E-state index contributed by atoms with van der Waals surface area (Å²) in [6, 6.07) is 15.4. The summed E-state index contributed by atoms with van der Waals surface area (Å²) >= 11 is 14.4. The fourth-order valence-electron chi connectivity index (χ4n) is 3.62. The molecule has 0 saturated heterocycles. The Labute approximate surface area is 218 Å². The number of nitrogens with zero attached hydrogens (tertiary/aromatic N) is 3. The summed E-state index contributed by atoms with van der Waals surface area (Å²) in [7, 11) is 1.34. The molecule has 0 radical (unpaired) electrons. The van der Waals surface area contributed by atoms with E-state index in [0.29, 0.717) is 49.6 Å². The van der Waals surface area contributed by atoms with Crippen LogP contribution in [0, 0.1) is 6.92 Å². The van der Waals surface area contributed by atoms with E-state index in [1.54, 1.807) is 19.1 Å². The Bertz CT molecular complexity index is 1370. The Morgan fingerprint density at radius 1 is 1.11 bits per heavy atom. The standard InChI is InChI=1S/C26H25Cl2N3O3S/c1-15-19(24(32)33-5)13-18(34-15)14-35-25-30-29-23(16-9-11-17(12-10-16)26(2,3)4)31(25)21-8-6-7-20(27)22(21)28/h6-13H,14H2,1-5H3. The molecule has 4 aromatic rings. The minimum atomic E-state index is -0.433. The van der Waals surface area contributed by atoms with Crippen molar-refractivity contribution in [3.8, 4) is 17.1 Å². The molecule has 4 rings (SSSR count). The first kappa shape index (κ1) is 25.4. The molecule has 0 bridgehead atoms. The molecule has 0 N–H and O–H groups in total. The van der Waals surface area contributed by atoms with Gasteiger partial charge in [0.15, 0.2) is 11.0 Å². The molecule has 0 spiro atoms. The quantitative estimate of drug-likeness (QED) is 0.190. The van der Waals surface area contributed by atoms with Crippen molar-refractivity contribution in [1.82, 2.24) is 14.8 Å². The predicted octanol–water partition coefficient (Wildman–Crippen LogP) is 7.52. The van der Waals surface area contributed by atoms with Crippen LogP contribution in [0.3, 0.4) is 0 Å². The van der Waals surface area contributed by atoms with Crippen molar-refractivity contribution in [3.05, 3.63) is 81.2 Å². The van der Waals surface area contributed by atoms with Crippen molar-refractivity contribution < 1.29 is 13.9 Å². The molecule has 9 heteroatoms. The summed E-state index contributed by atoms with van der Waals surface area (Å²) < 4.78 is 12.5. The number of methoxy groups -OCH3 is 1. The highest BCUT2D eigenvalue weighted by Crippen LogP contribution is 2.36. The van der Waals surface area contributed by atoms with Crippen molar-refractivity contribution in [1.29, 1.82) is 0 Å². The second kappa shape index (κ2) is 10.1. The smallest absolute Gasteiger partial charge is 0.341 e. The van der Waals surface area contributed by atoms with E-state index in [9.17, 15) is 4.79 Å². The average molecular weight is 530 g/mol. The number of thioether (sulfide) groups is 1. The number of aromatic nitrogens is 3. The van der Waals surface area contributed by atoms with Gasteiger partial charge in [0.05, 0.1) is 28.6 Å². The van der Waals surface area contributed by atoms with Crippen LogP contribution in [0.1, 0.15) is 48.2 Å². The number of hydrogen-bond donors (Lipinski definition) is 0. The Morgan fingerprint density at radius 3 is 2.49 bits per heavy atom. The van der Waals surface area contributed by atoms with Crippen molar-refractivity contribution >= 4 is 40.9 Å². The highest BCUT2D eigenvalue weighted by Gasteiger charge is 2.22. The molecule has 35 heavy (non-hydrogen) atoms. The van der Waals surface area contributed by atoms with Gasteiger partial charge in [-0.15, -0.1) is 10.2 Å². The first-order chi connectivity index (χ1) is 16.6. The van der Waals surface area contributed by atoms with E-state index >= 15 is 0 Å². The van der Waals surface area contributed by atoms with Crippen LogP contribution < -0.4 is 0 Å². The molecule has 2 aromatic carbocycles. The predicted molar refractivity (Wildman–Crippen MR) is 140 cm³/mol. The van der Waals surface area contributed by atoms with Gasteiger partial charge in [-0.1, -0.05) is 86.1 Å². The lowest BCUT2D eigenvalue weighted by Crippen LogP contribution is -2.10. The number of esters is 1. The minimum absolute atomic E-state index is 0.0354. The van der Waals surface area contributed by atoms with Gasteiger partial charge in [0.1, 0.15) is 17.1 Å². The number of rotatable bonds is 6.